The molecule has 0 aliphatic carbocycles. The van der Waals surface area contributed by atoms with Gasteiger partial charge >= 0.3 is 11.9 Å². The average molecular weight is 558 g/mol. The van der Waals surface area contributed by atoms with Gasteiger partial charge in [0.15, 0.2) is 0 Å². The minimum absolute atomic E-state index is 0.0347. The molecule has 1 aromatic heterocycles. The van der Waals surface area contributed by atoms with Gasteiger partial charge in [-0.2, -0.15) is 0 Å². The third kappa shape index (κ3) is 13.4. The molecule has 16 nitrogen and oxygen atoms in total. The monoisotopic (exact) mass is 557 g/mol. The highest BCUT2D eigenvalue weighted by Gasteiger charge is 2.27. The Morgan fingerprint density at radius 1 is 1.03 bits per heavy atom. The number of thioether (sulfide) groups is 1. The van der Waals surface area contributed by atoms with E-state index in [1.165, 1.54) is 19.4 Å². The van der Waals surface area contributed by atoms with E-state index in [4.69, 9.17) is 15.9 Å². The molecular weight excluding hydrogens is 526 g/mol. The fourth-order valence-electron chi connectivity index (χ4n) is 2.84. The molecule has 1 rings (SSSR count). The smallest absolute Gasteiger partial charge is 0.322 e. The number of imidazole rings is 1. The Hall–Kier alpha value is -3.99. The number of carboxylic acids is 2. The predicted molar refractivity (Wildman–Crippen MR) is 132 cm³/mol. The highest BCUT2D eigenvalue weighted by Crippen LogP contribution is 2.13. The Bertz CT molecular complexity index is 1000. The Balaban J connectivity index is 2.87. The van der Waals surface area contributed by atoms with Crippen LogP contribution in [0.2, 0.25) is 0 Å². The summed E-state index contributed by atoms with van der Waals surface area (Å²) in [7, 11) is 0. The number of nitrogens with zero attached hydrogens (tertiary/aromatic N) is 1. The van der Waals surface area contributed by atoms with Crippen LogP contribution in [0.1, 0.15) is 31.9 Å². The van der Waals surface area contributed by atoms with E-state index in [9.17, 15) is 33.6 Å². The number of nitrogens with one attached hydrogen (secondary N) is 5. The van der Waals surface area contributed by atoms with Crippen LogP contribution < -0.4 is 27.0 Å². The largest absolute Gasteiger partial charge is 0.480 e. The van der Waals surface area contributed by atoms with Gasteiger partial charge < -0.3 is 42.2 Å². The number of carboxylic acid groups (broad SMARTS) is 2. The number of rotatable bonds is 17. The van der Waals surface area contributed by atoms with E-state index in [1.807, 2.05) is 0 Å². The molecule has 2 unspecified atom stereocenters. The summed E-state index contributed by atoms with van der Waals surface area (Å²) in [5, 5.41) is 26.6. The lowest BCUT2D eigenvalue weighted by molar-refractivity contribution is -0.139. The van der Waals surface area contributed by atoms with Crippen molar-refractivity contribution in [3.8, 4) is 0 Å². The van der Waals surface area contributed by atoms with Gasteiger partial charge in [0.05, 0.1) is 6.33 Å². The van der Waals surface area contributed by atoms with Crippen LogP contribution >= 0.6 is 11.8 Å². The summed E-state index contributed by atoms with van der Waals surface area (Å²) < 4.78 is 0. The van der Waals surface area contributed by atoms with Crippen LogP contribution in [0.15, 0.2) is 12.5 Å². The third-order valence-electron chi connectivity index (χ3n) is 4.78. The number of hydrogen-bond acceptors (Lipinski definition) is 10. The minimum Gasteiger partial charge on any atom is -0.480 e. The maximum atomic E-state index is 13.0. The number of carbonyl (C=O) groups is 7. The van der Waals surface area contributed by atoms with E-state index in [2.05, 4.69) is 31.2 Å². The summed E-state index contributed by atoms with van der Waals surface area (Å²) >= 11 is 0.620. The van der Waals surface area contributed by atoms with E-state index >= 15 is 0 Å². The first-order valence-electron chi connectivity index (χ1n) is 11.3. The van der Waals surface area contributed by atoms with Gasteiger partial charge in [-0.05, 0) is 6.42 Å². The Labute approximate surface area is 221 Å². The molecule has 3 atom stereocenters. The van der Waals surface area contributed by atoms with E-state index in [0.717, 1.165) is 0 Å². The number of aromatic amines is 1. The number of aromatic nitrogens is 2. The molecule has 210 valence electrons. The van der Waals surface area contributed by atoms with E-state index < -0.39 is 59.4 Å². The van der Waals surface area contributed by atoms with Gasteiger partial charge in [0.25, 0.3) is 0 Å². The van der Waals surface area contributed by atoms with E-state index in [1.54, 1.807) is 0 Å². The van der Waals surface area contributed by atoms with Crippen molar-refractivity contribution >= 4 is 52.4 Å². The van der Waals surface area contributed by atoms with Crippen LogP contribution in [0, 0.1) is 0 Å². The lowest BCUT2D eigenvalue weighted by atomic mass is 10.1. The van der Waals surface area contributed by atoms with Crippen LogP contribution in [0.3, 0.4) is 0 Å². The van der Waals surface area contributed by atoms with Gasteiger partial charge in [0.2, 0.25) is 28.7 Å². The maximum absolute atomic E-state index is 13.0. The third-order valence-corrected chi connectivity index (χ3v) is 5.85. The van der Waals surface area contributed by atoms with Gasteiger partial charge in [-0.3, -0.25) is 33.6 Å². The molecule has 0 aliphatic rings. The number of carbonyl (C=O) groups excluding carboxylic acids is 5. The van der Waals surface area contributed by atoms with Crippen molar-refractivity contribution in [3.63, 3.8) is 0 Å². The molecule has 0 aliphatic heterocycles. The first-order chi connectivity index (χ1) is 17.9. The molecule has 0 saturated heterocycles. The average Bonchev–Trinajstić information content (AvgIpc) is 3.35. The molecular formula is C21H31N7O9S. The standard InChI is InChI=1S/C21H31N7O9S/c1-11(29)24-5-4-17(31)27-14(6-12-7-23-10-26-12)21(37)38-9-15(19(34)25-8-18(32)33)28-16(30)3-2-13(22)20(35)36/h7,10,13-15H,2-6,8-9,22H2,1H3,(H,23,26)(H,24,29)(H,25,34)(H,27,31)(H,28,30)(H,32,33)(H,35,36)/t13?,14-,15?/m0/s1. The zero-order valence-electron chi connectivity index (χ0n) is 20.5. The first kappa shape index (κ1) is 32.0. The number of aliphatic carboxylic acids is 2. The van der Waals surface area contributed by atoms with Crippen LogP contribution in [-0.4, -0.2) is 97.8 Å². The van der Waals surface area contributed by atoms with Crippen LogP contribution in [0.4, 0.5) is 0 Å². The molecule has 9 N–H and O–H groups in total. The quantitative estimate of drug-likeness (QED) is 0.0959. The van der Waals surface area contributed by atoms with Crippen LogP contribution in [0.25, 0.3) is 0 Å². The van der Waals surface area contributed by atoms with Gasteiger partial charge in [-0.15, -0.1) is 0 Å². The molecule has 0 fully saturated rings. The minimum atomic E-state index is -1.35. The molecule has 0 spiro atoms. The van der Waals surface area contributed by atoms with Crippen LogP contribution in [-0.2, 0) is 40.0 Å². The summed E-state index contributed by atoms with van der Waals surface area (Å²) in [6.07, 6.45) is 2.24. The zero-order chi connectivity index (χ0) is 28.7. The second kappa shape index (κ2) is 16.7. The Morgan fingerprint density at radius 2 is 1.68 bits per heavy atom. The summed E-state index contributed by atoms with van der Waals surface area (Å²) in [5.74, 6) is -5.41. The van der Waals surface area contributed by atoms with Crippen molar-refractivity contribution < 1.29 is 43.8 Å². The van der Waals surface area contributed by atoms with Crippen molar-refractivity contribution in [2.75, 3.05) is 18.8 Å². The first-order valence-corrected chi connectivity index (χ1v) is 12.3. The van der Waals surface area contributed by atoms with Gasteiger partial charge in [-0.1, -0.05) is 11.8 Å². The van der Waals surface area contributed by atoms with Gasteiger partial charge in [0, 0.05) is 50.4 Å². The summed E-state index contributed by atoms with van der Waals surface area (Å²) in [5.41, 5.74) is 5.91. The highest BCUT2D eigenvalue weighted by atomic mass is 32.2. The zero-order valence-corrected chi connectivity index (χ0v) is 21.3. The summed E-state index contributed by atoms with van der Waals surface area (Å²) in [4.78, 5) is 89.3. The number of H-pyrrole nitrogens is 1. The highest BCUT2D eigenvalue weighted by molar-refractivity contribution is 8.13. The number of hydrogen-bond donors (Lipinski definition) is 8. The van der Waals surface area contributed by atoms with Crippen molar-refractivity contribution in [1.29, 1.82) is 0 Å². The van der Waals surface area contributed by atoms with Crippen LogP contribution in [0.5, 0.6) is 0 Å². The van der Waals surface area contributed by atoms with E-state index in [-0.39, 0.29) is 43.9 Å². The second-order valence-electron chi connectivity index (χ2n) is 7.98. The van der Waals surface area contributed by atoms with E-state index in [0.29, 0.717) is 17.5 Å². The molecule has 0 aromatic carbocycles. The lowest BCUT2D eigenvalue weighted by Gasteiger charge is -2.20. The lowest BCUT2D eigenvalue weighted by Crippen LogP contribution is -2.50. The molecule has 0 saturated carbocycles. The summed E-state index contributed by atoms with van der Waals surface area (Å²) in [6, 6.07) is -3.70. The fraction of sp³-hybridized carbons (Fsp3) is 0.524. The molecule has 17 heteroatoms. The Morgan fingerprint density at radius 3 is 2.26 bits per heavy atom. The molecule has 1 heterocycles. The molecule has 1 aromatic rings. The Kier molecular flexibility index (Phi) is 14.1. The van der Waals surface area contributed by atoms with Crippen molar-refractivity contribution in [2.24, 2.45) is 5.73 Å². The molecule has 38 heavy (non-hydrogen) atoms. The predicted octanol–water partition coefficient (Wildman–Crippen LogP) is -2.90. The van der Waals surface area contributed by atoms with Crippen molar-refractivity contribution in [3.05, 3.63) is 18.2 Å². The molecule has 0 radical (unpaired) electrons. The molecule has 0 bridgehead atoms. The second-order valence-corrected chi connectivity index (χ2v) is 9.00. The number of amides is 4. The topological polar surface area (TPSA) is 263 Å². The SMILES string of the molecule is CC(=O)NCCC(=O)N[C@@H](Cc1cnc[nH]1)C(=O)SCC(NC(=O)CCC(N)C(=O)O)C(=O)NCC(=O)O. The van der Waals surface area contributed by atoms with Gasteiger partial charge in [-0.25, -0.2) is 4.98 Å². The number of nitrogens with two attached hydrogens (primary N) is 1. The summed E-state index contributed by atoms with van der Waals surface area (Å²) in [6.45, 7) is 0.616. The fourth-order valence-corrected chi connectivity index (χ4v) is 3.75. The maximum Gasteiger partial charge on any atom is 0.322 e. The normalized spacial score (nSPS) is 12.9. The van der Waals surface area contributed by atoms with Crippen molar-refractivity contribution in [1.82, 2.24) is 31.2 Å². The molecule has 4 amide bonds. The van der Waals surface area contributed by atoms with Gasteiger partial charge in [0.1, 0.15) is 24.7 Å². The van der Waals surface area contributed by atoms with Crippen molar-refractivity contribution in [2.45, 2.75) is 50.7 Å².